The molecule has 174 valence electrons. The Morgan fingerprint density at radius 1 is 1.00 bits per heavy atom. The van der Waals surface area contributed by atoms with E-state index in [-0.39, 0.29) is 24.0 Å². The molecule has 2 aromatic heterocycles. The summed E-state index contributed by atoms with van der Waals surface area (Å²) in [5, 5.41) is 11.2. The first-order valence-electron chi connectivity index (χ1n) is 11.3. The van der Waals surface area contributed by atoms with Crippen LogP contribution in [-0.2, 0) is 4.79 Å². The summed E-state index contributed by atoms with van der Waals surface area (Å²) in [4.78, 5) is 25.6. The van der Waals surface area contributed by atoms with E-state index in [9.17, 15) is 4.79 Å². The Labute approximate surface area is 194 Å². The Morgan fingerprint density at radius 3 is 2.45 bits per heavy atom. The van der Waals surface area contributed by atoms with Gasteiger partial charge in [-0.05, 0) is 65.8 Å². The zero-order chi connectivity index (χ0) is 23.9. The van der Waals surface area contributed by atoms with E-state index in [1.807, 2.05) is 49.8 Å². The molecule has 1 atom stereocenters. The molecule has 0 radical (unpaired) electrons. The van der Waals surface area contributed by atoms with Crippen LogP contribution in [0.15, 0.2) is 36.5 Å². The Hall–Kier alpha value is -3.62. The summed E-state index contributed by atoms with van der Waals surface area (Å²) in [5.74, 6) is 2.14. The quantitative estimate of drug-likeness (QED) is 0.568. The van der Waals surface area contributed by atoms with Crippen LogP contribution >= 0.6 is 0 Å². The number of anilines is 6. The van der Waals surface area contributed by atoms with Crippen molar-refractivity contribution in [2.24, 2.45) is 0 Å². The number of hydrogen-bond donors (Lipinski definition) is 2. The second-order valence-corrected chi connectivity index (χ2v) is 9.00. The standard InChI is InChI=1S/C24H32N8O/c1-14(2)31-17(6)23(33)30(7)19-9-8-18(13-20(19)31)26-24-25-11-10-21(28-24)27-22-12-16(5)29-32(22)15(3)4/h8-15,17H,1-7H3,(H2,25,26,27,28)/t17-/m1/s1. The molecule has 0 fully saturated rings. The number of carbonyl (C=O) groups excluding carboxylic acids is 1. The lowest BCUT2D eigenvalue weighted by molar-refractivity contribution is -0.119. The van der Waals surface area contributed by atoms with E-state index in [2.05, 4.69) is 64.4 Å². The molecular weight excluding hydrogens is 416 g/mol. The highest BCUT2D eigenvalue weighted by atomic mass is 16.2. The molecule has 0 spiro atoms. The van der Waals surface area contributed by atoms with Gasteiger partial charge in [0.2, 0.25) is 11.9 Å². The first-order chi connectivity index (χ1) is 15.7. The highest BCUT2D eigenvalue weighted by Crippen LogP contribution is 2.39. The van der Waals surface area contributed by atoms with Crippen molar-refractivity contribution in [3.05, 3.63) is 42.2 Å². The van der Waals surface area contributed by atoms with Crippen LogP contribution in [0.4, 0.5) is 34.6 Å². The molecule has 1 amide bonds. The topological polar surface area (TPSA) is 91.2 Å². The molecule has 2 N–H and O–H groups in total. The number of rotatable bonds is 6. The number of likely N-dealkylation sites (N-methyl/N-ethyl adjacent to an activating group) is 1. The number of hydrogen-bond acceptors (Lipinski definition) is 7. The molecule has 1 aromatic carbocycles. The third-order valence-corrected chi connectivity index (χ3v) is 5.79. The fourth-order valence-electron chi connectivity index (χ4n) is 4.30. The number of nitrogens with one attached hydrogen (secondary N) is 2. The third-order valence-electron chi connectivity index (χ3n) is 5.79. The predicted octanol–water partition coefficient (Wildman–Crippen LogP) is 4.63. The Morgan fingerprint density at radius 2 is 1.76 bits per heavy atom. The number of carbonyl (C=O) groups is 1. The molecule has 3 aromatic rings. The number of aryl methyl sites for hydroxylation is 1. The van der Waals surface area contributed by atoms with Crippen LogP contribution in [0, 0.1) is 6.92 Å². The molecule has 1 aliphatic heterocycles. The van der Waals surface area contributed by atoms with Crippen LogP contribution in [-0.4, -0.2) is 44.8 Å². The number of nitrogens with zero attached hydrogens (tertiary/aromatic N) is 6. The molecule has 1 aliphatic rings. The zero-order valence-corrected chi connectivity index (χ0v) is 20.3. The van der Waals surface area contributed by atoms with Gasteiger partial charge in [0.05, 0.1) is 17.1 Å². The maximum atomic E-state index is 12.7. The van der Waals surface area contributed by atoms with Gasteiger partial charge in [-0.1, -0.05) is 0 Å². The average Bonchev–Trinajstić information content (AvgIpc) is 3.12. The van der Waals surface area contributed by atoms with Crippen LogP contribution in [0.5, 0.6) is 0 Å². The molecule has 33 heavy (non-hydrogen) atoms. The van der Waals surface area contributed by atoms with Crippen molar-refractivity contribution in [2.45, 2.75) is 59.7 Å². The summed E-state index contributed by atoms with van der Waals surface area (Å²) >= 11 is 0. The lowest BCUT2D eigenvalue weighted by atomic mass is 10.0. The molecule has 0 unspecified atom stereocenters. The predicted molar refractivity (Wildman–Crippen MR) is 133 cm³/mol. The van der Waals surface area contributed by atoms with Crippen LogP contribution in [0.3, 0.4) is 0 Å². The second kappa shape index (κ2) is 8.73. The highest BCUT2D eigenvalue weighted by Gasteiger charge is 2.34. The molecule has 0 aliphatic carbocycles. The van der Waals surface area contributed by atoms with Gasteiger partial charge in [-0.3, -0.25) is 4.79 Å². The lowest BCUT2D eigenvalue weighted by Crippen LogP contribution is -2.53. The van der Waals surface area contributed by atoms with Gasteiger partial charge in [0.25, 0.3) is 0 Å². The number of benzene rings is 1. The molecule has 9 heteroatoms. The summed E-state index contributed by atoms with van der Waals surface area (Å²) in [6.07, 6.45) is 1.72. The van der Waals surface area contributed by atoms with Crippen molar-refractivity contribution in [3.8, 4) is 0 Å². The number of fused-ring (bicyclic) bond motifs is 1. The normalized spacial score (nSPS) is 15.9. The van der Waals surface area contributed by atoms with Crippen LogP contribution in [0.1, 0.15) is 46.4 Å². The van der Waals surface area contributed by atoms with E-state index in [4.69, 9.17) is 0 Å². The van der Waals surface area contributed by atoms with E-state index in [1.165, 1.54) is 0 Å². The average molecular weight is 449 g/mol. The minimum Gasteiger partial charge on any atom is -0.356 e. The first-order valence-corrected chi connectivity index (χ1v) is 11.3. The number of aromatic nitrogens is 4. The van der Waals surface area contributed by atoms with Crippen molar-refractivity contribution in [2.75, 3.05) is 27.5 Å². The monoisotopic (exact) mass is 448 g/mol. The van der Waals surface area contributed by atoms with Gasteiger partial charge < -0.3 is 20.4 Å². The Kier molecular flexibility index (Phi) is 5.97. The van der Waals surface area contributed by atoms with E-state index in [0.29, 0.717) is 11.8 Å². The van der Waals surface area contributed by atoms with E-state index >= 15 is 0 Å². The Balaban J connectivity index is 1.60. The maximum absolute atomic E-state index is 12.7. The van der Waals surface area contributed by atoms with Gasteiger partial charge in [0, 0.05) is 37.1 Å². The van der Waals surface area contributed by atoms with Gasteiger partial charge in [-0.2, -0.15) is 10.1 Å². The van der Waals surface area contributed by atoms with Crippen molar-refractivity contribution in [1.82, 2.24) is 19.7 Å². The van der Waals surface area contributed by atoms with E-state index in [1.54, 1.807) is 11.1 Å². The molecule has 0 bridgehead atoms. The van der Waals surface area contributed by atoms with Crippen molar-refractivity contribution in [3.63, 3.8) is 0 Å². The van der Waals surface area contributed by atoms with Crippen molar-refractivity contribution < 1.29 is 4.79 Å². The van der Waals surface area contributed by atoms with Gasteiger partial charge in [-0.15, -0.1) is 0 Å². The molecule has 0 saturated carbocycles. The van der Waals surface area contributed by atoms with E-state index < -0.39 is 0 Å². The lowest BCUT2D eigenvalue weighted by Gasteiger charge is -2.42. The van der Waals surface area contributed by atoms with Crippen LogP contribution in [0.25, 0.3) is 0 Å². The summed E-state index contributed by atoms with van der Waals surface area (Å²) in [5.41, 5.74) is 3.70. The van der Waals surface area contributed by atoms with E-state index in [0.717, 1.165) is 28.6 Å². The smallest absolute Gasteiger partial charge is 0.249 e. The van der Waals surface area contributed by atoms with Gasteiger partial charge in [-0.25, -0.2) is 9.67 Å². The summed E-state index contributed by atoms with van der Waals surface area (Å²) in [6.45, 7) is 12.3. The highest BCUT2D eigenvalue weighted by molar-refractivity contribution is 6.05. The largest absolute Gasteiger partial charge is 0.356 e. The fraction of sp³-hybridized carbons (Fsp3) is 0.417. The minimum atomic E-state index is -0.226. The SMILES string of the molecule is Cc1cc(Nc2ccnc(Nc3ccc4c(c3)N(C(C)C)[C@H](C)C(=O)N4C)n2)n(C(C)C)n1. The van der Waals surface area contributed by atoms with Crippen LogP contribution < -0.4 is 20.4 Å². The molecule has 3 heterocycles. The zero-order valence-electron chi connectivity index (χ0n) is 20.3. The van der Waals surface area contributed by atoms with Crippen molar-refractivity contribution >= 4 is 40.6 Å². The number of amides is 1. The molecule has 4 rings (SSSR count). The van der Waals surface area contributed by atoms with Crippen molar-refractivity contribution in [1.29, 1.82) is 0 Å². The molecule has 0 saturated heterocycles. The third kappa shape index (κ3) is 4.35. The summed E-state index contributed by atoms with van der Waals surface area (Å²) in [7, 11) is 1.82. The van der Waals surface area contributed by atoms with Gasteiger partial charge in [0.1, 0.15) is 17.7 Å². The Bertz CT molecular complexity index is 1170. The molecular formula is C24H32N8O. The second-order valence-electron chi connectivity index (χ2n) is 9.00. The maximum Gasteiger partial charge on any atom is 0.249 e. The summed E-state index contributed by atoms with van der Waals surface area (Å²) < 4.78 is 1.94. The minimum absolute atomic E-state index is 0.0925. The van der Waals surface area contributed by atoms with Gasteiger partial charge in [0.15, 0.2) is 0 Å². The molecule has 9 nitrogen and oxygen atoms in total. The first kappa shape index (κ1) is 22.6. The summed E-state index contributed by atoms with van der Waals surface area (Å²) in [6, 6.07) is 9.97. The van der Waals surface area contributed by atoms with Crippen LogP contribution in [0.2, 0.25) is 0 Å². The van der Waals surface area contributed by atoms with Gasteiger partial charge >= 0.3 is 0 Å². The fourth-order valence-corrected chi connectivity index (χ4v) is 4.30.